The van der Waals surface area contributed by atoms with Crippen LogP contribution in [0.15, 0.2) is 29.2 Å². The molecule has 28 heavy (non-hydrogen) atoms. The fraction of sp³-hybridized carbons (Fsp3) is 0.650. The third-order valence-corrected chi connectivity index (χ3v) is 7.72. The molecule has 6 nitrogen and oxygen atoms in total. The number of halogens is 1. The van der Waals surface area contributed by atoms with E-state index >= 15 is 0 Å². The Balaban J connectivity index is 0.00000280. The number of rotatable bonds is 4. The third kappa shape index (κ3) is 4.70. The van der Waals surface area contributed by atoms with Gasteiger partial charge in [0.2, 0.25) is 10.0 Å². The molecular formula is C20H32ClN3O3S. The maximum absolute atomic E-state index is 13.1. The standard InChI is InChI=1S/C20H31N3O3S.ClH/c1-15-9-16(2)12-23(11-15)27(25,26)18-6-4-5-17(10-18)19(24)22-8-7-20(3,13-21)14-22;/h4-6,10,15-16H,7-9,11-14,21H2,1-3H3;1H. The van der Waals surface area contributed by atoms with Crippen LogP contribution in [0.25, 0.3) is 0 Å². The lowest BCUT2D eigenvalue weighted by molar-refractivity contribution is 0.0776. The van der Waals surface area contributed by atoms with E-state index in [1.165, 1.54) is 6.07 Å². The molecule has 1 aromatic rings. The molecule has 3 atom stereocenters. The van der Waals surface area contributed by atoms with Gasteiger partial charge in [-0.2, -0.15) is 4.31 Å². The summed E-state index contributed by atoms with van der Waals surface area (Å²) in [6, 6.07) is 6.47. The summed E-state index contributed by atoms with van der Waals surface area (Å²) in [4.78, 5) is 14.9. The molecule has 2 heterocycles. The van der Waals surface area contributed by atoms with Crippen molar-refractivity contribution in [3.63, 3.8) is 0 Å². The van der Waals surface area contributed by atoms with Crippen LogP contribution in [0.3, 0.4) is 0 Å². The van der Waals surface area contributed by atoms with Crippen molar-refractivity contribution in [1.29, 1.82) is 0 Å². The number of hydrogen-bond donors (Lipinski definition) is 1. The van der Waals surface area contributed by atoms with Gasteiger partial charge in [-0.25, -0.2) is 8.42 Å². The van der Waals surface area contributed by atoms with Crippen molar-refractivity contribution in [1.82, 2.24) is 9.21 Å². The summed E-state index contributed by atoms with van der Waals surface area (Å²) in [5, 5.41) is 0. The molecule has 2 aliphatic rings. The number of benzene rings is 1. The third-order valence-electron chi connectivity index (χ3n) is 5.89. The van der Waals surface area contributed by atoms with Crippen molar-refractivity contribution in [2.24, 2.45) is 23.0 Å². The number of amides is 1. The summed E-state index contributed by atoms with van der Waals surface area (Å²) in [6.45, 7) is 9.12. The van der Waals surface area contributed by atoms with E-state index in [1.807, 2.05) is 0 Å². The van der Waals surface area contributed by atoms with Crippen LogP contribution < -0.4 is 5.73 Å². The molecule has 158 valence electrons. The van der Waals surface area contributed by atoms with E-state index in [-0.39, 0.29) is 28.6 Å². The van der Waals surface area contributed by atoms with Crippen LogP contribution in [0, 0.1) is 17.3 Å². The average molecular weight is 430 g/mol. The number of carbonyl (C=O) groups excluding carboxylic acids is 1. The highest BCUT2D eigenvalue weighted by Crippen LogP contribution is 2.30. The van der Waals surface area contributed by atoms with Gasteiger partial charge in [0.1, 0.15) is 0 Å². The largest absolute Gasteiger partial charge is 0.338 e. The molecule has 0 saturated carbocycles. The Morgan fingerprint density at radius 3 is 2.46 bits per heavy atom. The van der Waals surface area contributed by atoms with Crippen LogP contribution in [0.2, 0.25) is 0 Å². The molecule has 1 aromatic carbocycles. The van der Waals surface area contributed by atoms with Gasteiger partial charge in [-0.15, -0.1) is 12.4 Å². The fourth-order valence-corrected chi connectivity index (χ4v) is 6.01. The predicted molar refractivity (Wildman–Crippen MR) is 113 cm³/mol. The highest BCUT2D eigenvalue weighted by Gasteiger charge is 2.36. The number of nitrogens with two attached hydrogens (primary N) is 1. The highest BCUT2D eigenvalue weighted by molar-refractivity contribution is 7.89. The maximum Gasteiger partial charge on any atom is 0.253 e. The fourth-order valence-electron chi connectivity index (χ4n) is 4.29. The molecule has 2 saturated heterocycles. The monoisotopic (exact) mass is 429 g/mol. The Morgan fingerprint density at radius 1 is 1.25 bits per heavy atom. The molecule has 1 amide bonds. The van der Waals surface area contributed by atoms with E-state index in [1.54, 1.807) is 27.4 Å². The zero-order valence-electron chi connectivity index (χ0n) is 16.9. The van der Waals surface area contributed by atoms with Gasteiger partial charge in [0.05, 0.1) is 4.90 Å². The van der Waals surface area contributed by atoms with E-state index < -0.39 is 10.0 Å². The zero-order chi connectivity index (χ0) is 19.8. The Bertz CT molecular complexity index is 807. The van der Waals surface area contributed by atoms with Gasteiger partial charge in [-0.05, 0) is 54.8 Å². The van der Waals surface area contributed by atoms with Crippen LogP contribution in [0.5, 0.6) is 0 Å². The maximum atomic E-state index is 13.1. The Kier molecular flexibility index (Phi) is 7.18. The molecule has 2 N–H and O–H groups in total. The second-order valence-corrected chi connectivity index (χ2v) is 10.7. The van der Waals surface area contributed by atoms with E-state index in [0.717, 1.165) is 12.8 Å². The highest BCUT2D eigenvalue weighted by atomic mass is 35.5. The van der Waals surface area contributed by atoms with Crippen LogP contribution in [-0.4, -0.2) is 56.3 Å². The number of sulfonamides is 1. The lowest BCUT2D eigenvalue weighted by atomic mass is 9.90. The van der Waals surface area contributed by atoms with Crippen LogP contribution in [0.1, 0.15) is 44.0 Å². The quantitative estimate of drug-likeness (QED) is 0.797. The normalized spacial score (nSPS) is 28.8. The minimum absolute atomic E-state index is 0. The topological polar surface area (TPSA) is 83.7 Å². The van der Waals surface area contributed by atoms with Crippen LogP contribution >= 0.6 is 12.4 Å². The summed E-state index contributed by atoms with van der Waals surface area (Å²) in [5.74, 6) is 0.559. The number of likely N-dealkylation sites (tertiary alicyclic amines) is 1. The molecule has 0 radical (unpaired) electrons. The van der Waals surface area contributed by atoms with Crippen molar-refractivity contribution in [2.45, 2.75) is 38.5 Å². The summed E-state index contributed by atoms with van der Waals surface area (Å²) in [7, 11) is -3.59. The van der Waals surface area contributed by atoms with E-state index in [9.17, 15) is 13.2 Å². The Hall–Kier alpha value is -1.15. The minimum Gasteiger partial charge on any atom is -0.338 e. The van der Waals surface area contributed by atoms with Gasteiger partial charge in [0.25, 0.3) is 5.91 Å². The Labute approximate surface area is 174 Å². The molecule has 0 bridgehead atoms. The zero-order valence-corrected chi connectivity index (χ0v) is 18.6. The first-order valence-corrected chi connectivity index (χ1v) is 11.2. The molecule has 8 heteroatoms. The first-order chi connectivity index (χ1) is 12.6. The van der Waals surface area contributed by atoms with Gasteiger partial charge in [0, 0.05) is 31.7 Å². The van der Waals surface area contributed by atoms with Gasteiger partial charge < -0.3 is 10.6 Å². The lowest BCUT2D eigenvalue weighted by Gasteiger charge is -2.34. The van der Waals surface area contributed by atoms with Crippen molar-refractivity contribution in [3.05, 3.63) is 29.8 Å². The van der Waals surface area contributed by atoms with Crippen LogP contribution in [-0.2, 0) is 10.0 Å². The predicted octanol–water partition coefficient (Wildman–Crippen LogP) is 2.59. The second kappa shape index (κ2) is 8.69. The molecule has 0 spiro atoms. The molecule has 3 rings (SSSR count). The molecule has 3 unspecified atom stereocenters. The van der Waals surface area contributed by atoms with Crippen molar-refractivity contribution in [3.8, 4) is 0 Å². The first kappa shape index (κ1) is 23.1. The smallest absolute Gasteiger partial charge is 0.253 e. The summed E-state index contributed by atoms with van der Waals surface area (Å²) < 4.78 is 27.8. The summed E-state index contributed by atoms with van der Waals surface area (Å²) in [6.07, 6.45) is 1.91. The SMILES string of the molecule is CC1CC(C)CN(S(=O)(=O)c2cccc(C(=O)N3CCC(C)(CN)C3)c2)C1.Cl. The first-order valence-electron chi connectivity index (χ1n) is 9.74. The second-order valence-electron chi connectivity index (χ2n) is 8.79. The molecule has 0 aliphatic carbocycles. The van der Waals surface area contributed by atoms with Crippen molar-refractivity contribution >= 4 is 28.3 Å². The van der Waals surface area contributed by atoms with E-state index in [4.69, 9.17) is 5.73 Å². The Morgan fingerprint density at radius 2 is 1.89 bits per heavy atom. The van der Waals surface area contributed by atoms with Gasteiger partial charge >= 0.3 is 0 Å². The molecular weight excluding hydrogens is 398 g/mol. The minimum atomic E-state index is -3.59. The lowest BCUT2D eigenvalue weighted by Crippen LogP contribution is -2.42. The summed E-state index contributed by atoms with van der Waals surface area (Å²) in [5.41, 5.74) is 6.20. The number of carbonyl (C=O) groups is 1. The molecule has 0 aromatic heterocycles. The number of piperidine rings is 1. The van der Waals surface area contributed by atoms with Gasteiger partial charge in [0.15, 0.2) is 0 Å². The van der Waals surface area contributed by atoms with Crippen molar-refractivity contribution < 1.29 is 13.2 Å². The molecule has 2 aliphatic heterocycles. The van der Waals surface area contributed by atoms with Gasteiger partial charge in [-0.3, -0.25) is 4.79 Å². The summed E-state index contributed by atoms with van der Waals surface area (Å²) >= 11 is 0. The van der Waals surface area contributed by atoms with Crippen molar-refractivity contribution in [2.75, 3.05) is 32.7 Å². The number of hydrogen-bond acceptors (Lipinski definition) is 4. The number of nitrogens with zero attached hydrogens (tertiary/aromatic N) is 2. The van der Waals surface area contributed by atoms with E-state index in [2.05, 4.69) is 20.8 Å². The van der Waals surface area contributed by atoms with Crippen LogP contribution in [0.4, 0.5) is 0 Å². The van der Waals surface area contributed by atoms with E-state index in [0.29, 0.717) is 50.1 Å². The molecule has 2 fully saturated rings. The van der Waals surface area contributed by atoms with Gasteiger partial charge in [-0.1, -0.05) is 26.8 Å². The average Bonchev–Trinajstić information content (AvgIpc) is 3.03.